The van der Waals surface area contributed by atoms with Crippen molar-refractivity contribution in [3.05, 3.63) is 0 Å². The minimum Gasteiger partial charge on any atom is -0.480 e. The molecule has 0 bridgehead atoms. The summed E-state index contributed by atoms with van der Waals surface area (Å²) < 4.78 is 0. The van der Waals surface area contributed by atoms with E-state index in [1.165, 1.54) is 6.92 Å². The molecule has 0 aliphatic carbocycles. The number of aliphatic imine (C=N–C) groups is 2. The Morgan fingerprint density at radius 3 is 0.891 bits per heavy atom. The Morgan fingerprint density at radius 2 is 0.782 bits per heavy atom. The van der Waals surface area contributed by atoms with Gasteiger partial charge in [0.15, 0.2) is 11.9 Å². The van der Waals surface area contributed by atoms with Gasteiger partial charge in [0.25, 0.3) is 0 Å². The minimum atomic E-state index is -1.18. The fourth-order valence-electron chi connectivity index (χ4n) is 2.49. The van der Waals surface area contributed by atoms with Crippen LogP contribution >= 0.6 is 0 Å². The van der Waals surface area contributed by atoms with Gasteiger partial charge in [-0.1, -0.05) is 40.5 Å². The van der Waals surface area contributed by atoms with Crippen LogP contribution in [-0.2, 0) is 28.8 Å². The zero-order valence-corrected chi connectivity index (χ0v) is 32.2. The third kappa shape index (κ3) is 49.1. The van der Waals surface area contributed by atoms with Gasteiger partial charge in [0.1, 0.15) is 30.2 Å². The average molecular weight is 805 g/mol. The van der Waals surface area contributed by atoms with Crippen molar-refractivity contribution in [1.29, 1.82) is 0 Å². The van der Waals surface area contributed by atoms with Crippen LogP contribution in [0.2, 0.25) is 0 Å². The van der Waals surface area contributed by atoms with E-state index in [4.69, 9.17) is 87.3 Å². The third-order valence-corrected chi connectivity index (χ3v) is 6.63. The lowest BCUT2D eigenvalue weighted by molar-refractivity contribution is -0.141. The number of hydrogen-bond donors (Lipinski definition) is 17. The SMILES string of the molecule is CC[C@H](C)[C@H](N)C(=O)O.CC[C@H](C)[C@H](N)C(=O)O.C[C@@H](O)[C@H](N)C(=O)O.NC(N)=NCCC[C@H](N)C(=O)O.NC(N)=NCCC[C@H](N)C(=O)O.NCC(=O)O. The maximum absolute atomic E-state index is 10.2. The van der Waals surface area contributed by atoms with Crippen molar-refractivity contribution >= 4 is 47.7 Å². The van der Waals surface area contributed by atoms with Gasteiger partial charge in [-0.2, -0.15) is 0 Å². The maximum atomic E-state index is 10.2. The van der Waals surface area contributed by atoms with Crippen LogP contribution in [0.1, 0.15) is 73.1 Å². The monoisotopic (exact) mass is 805 g/mol. The van der Waals surface area contributed by atoms with Crippen molar-refractivity contribution in [2.24, 2.45) is 79.2 Å². The first-order valence-electron chi connectivity index (χ1n) is 16.7. The lowest BCUT2D eigenvalue weighted by Gasteiger charge is -2.11. The predicted molar refractivity (Wildman–Crippen MR) is 205 cm³/mol. The molecule has 0 amide bonds. The van der Waals surface area contributed by atoms with E-state index in [1.807, 2.05) is 27.7 Å². The number of hydrogen-bond acceptors (Lipinski definition) is 15. The summed E-state index contributed by atoms with van der Waals surface area (Å²) in [6, 6.07) is -4.20. The molecule has 0 spiro atoms. The van der Waals surface area contributed by atoms with Crippen LogP contribution in [-0.4, -0.2) is 139 Å². The molecule has 0 aromatic heterocycles. The number of aliphatic hydroxyl groups excluding tert-OH is 1. The van der Waals surface area contributed by atoms with E-state index in [0.29, 0.717) is 38.8 Å². The molecule has 0 saturated heterocycles. The lowest BCUT2D eigenvalue weighted by atomic mass is 10.0. The molecule has 0 fully saturated rings. The van der Waals surface area contributed by atoms with Gasteiger partial charge in [-0.25, -0.2) is 0 Å². The summed E-state index contributed by atoms with van der Waals surface area (Å²) in [7, 11) is 0. The summed E-state index contributed by atoms with van der Waals surface area (Å²) in [5, 5.41) is 57.6. The Balaban J connectivity index is -0.000000133. The van der Waals surface area contributed by atoms with Gasteiger partial charge < -0.3 is 93.1 Å². The zero-order chi connectivity index (χ0) is 45.0. The fourth-order valence-corrected chi connectivity index (χ4v) is 2.49. The average Bonchev–Trinajstić information content (AvgIpc) is 3.10. The van der Waals surface area contributed by atoms with Crippen molar-refractivity contribution in [1.82, 2.24) is 0 Å². The maximum Gasteiger partial charge on any atom is 0.323 e. The summed E-state index contributed by atoms with van der Waals surface area (Å²) >= 11 is 0. The topological polar surface area (TPSA) is 529 Å². The van der Waals surface area contributed by atoms with Crippen LogP contribution in [0.4, 0.5) is 0 Å². The first kappa shape index (κ1) is 62.1. The Labute approximate surface area is 320 Å². The van der Waals surface area contributed by atoms with Crippen molar-refractivity contribution in [2.75, 3.05) is 19.6 Å². The molecule has 8 atom stereocenters. The summed E-state index contributed by atoms with van der Waals surface area (Å²) in [6.07, 6.45) is 2.56. The van der Waals surface area contributed by atoms with Crippen LogP contribution in [0.25, 0.3) is 0 Å². The molecule has 0 saturated carbocycles. The highest BCUT2D eigenvalue weighted by atomic mass is 16.4. The number of nitrogens with two attached hydrogens (primary N) is 10. The van der Waals surface area contributed by atoms with Crippen molar-refractivity contribution in [2.45, 2.75) is 109 Å². The molecule has 0 aliphatic heterocycles. The molecule has 0 radical (unpaired) electrons. The second kappa shape index (κ2) is 38.8. The van der Waals surface area contributed by atoms with Gasteiger partial charge in [-0.3, -0.25) is 38.8 Å². The number of guanidine groups is 2. The van der Waals surface area contributed by atoms with Gasteiger partial charge in [-0.05, 0) is 44.4 Å². The van der Waals surface area contributed by atoms with Crippen LogP contribution in [0.5, 0.6) is 0 Å². The smallest absolute Gasteiger partial charge is 0.323 e. The second-order valence-corrected chi connectivity index (χ2v) is 11.5. The number of aliphatic hydroxyl groups is 1. The molecule has 326 valence electrons. The van der Waals surface area contributed by atoms with E-state index >= 15 is 0 Å². The van der Waals surface area contributed by atoms with Gasteiger partial charge >= 0.3 is 35.8 Å². The lowest BCUT2D eigenvalue weighted by Crippen LogP contribution is -2.39. The van der Waals surface area contributed by atoms with Crippen LogP contribution in [0, 0.1) is 11.8 Å². The summed E-state index contributed by atoms with van der Waals surface area (Å²) in [5.41, 5.74) is 50.7. The third-order valence-electron chi connectivity index (χ3n) is 6.63. The van der Waals surface area contributed by atoms with Crippen LogP contribution in [0.15, 0.2) is 9.98 Å². The van der Waals surface area contributed by atoms with E-state index in [0.717, 1.165) is 12.8 Å². The van der Waals surface area contributed by atoms with Gasteiger partial charge in [0.2, 0.25) is 0 Å². The Hall–Kier alpha value is -4.92. The van der Waals surface area contributed by atoms with E-state index in [1.54, 1.807) is 0 Å². The van der Waals surface area contributed by atoms with Crippen molar-refractivity contribution in [3.63, 3.8) is 0 Å². The van der Waals surface area contributed by atoms with E-state index in [2.05, 4.69) is 15.7 Å². The van der Waals surface area contributed by atoms with E-state index < -0.39 is 72.1 Å². The molecule has 0 rings (SSSR count). The molecule has 0 heterocycles. The summed E-state index contributed by atoms with van der Waals surface area (Å²) in [4.78, 5) is 67.2. The highest BCUT2D eigenvalue weighted by Crippen LogP contribution is 2.05. The fraction of sp³-hybridized carbons (Fsp3) is 0.733. The van der Waals surface area contributed by atoms with Gasteiger partial charge in [0, 0.05) is 13.1 Å². The second-order valence-electron chi connectivity index (χ2n) is 11.5. The number of rotatable bonds is 19. The molecule has 0 aliphatic rings. The molecule has 55 heavy (non-hydrogen) atoms. The minimum absolute atomic E-state index is 0.0129. The number of carboxylic acids is 6. The molecule has 25 nitrogen and oxygen atoms in total. The van der Waals surface area contributed by atoms with Crippen LogP contribution in [0.3, 0.4) is 0 Å². The number of nitrogens with zero attached hydrogens (tertiary/aromatic N) is 2. The van der Waals surface area contributed by atoms with E-state index in [-0.39, 0.29) is 30.3 Å². The summed E-state index contributed by atoms with van der Waals surface area (Å²) in [5.74, 6) is -5.80. The van der Waals surface area contributed by atoms with Gasteiger partial charge in [0.05, 0.1) is 12.6 Å². The molecular weight excluding hydrogens is 736 g/mol. The van der Waals surface area contributed by atoms with E-state index in [9.17, 15) is 28.8 Å². The van der Waals surface area contributed by atoms with Gasteiger partial charge in [-0.15, -0.1) is 0 Å². The molecule has 27 N–H and O–H groups in total. The Bertz CT molecular complexity index is 1060. The first-order valence-corrected chi connectivity index (χ1v) is 16.7. The predicted octanol–water partition coefficient (Wildman–Crippen LogP) is -4.40. The molecular formula is C30H68N12O13. The van der Waals surface area contributed by atoms with Crippen molar-refractivity contribution < 1.29 is 64.5 Å². The number of aliphatic carboxylic acids is 6. The number of carbonyl (C=O) groups is 6. The quantitative estimate of drug-likeness (QED) is 0.0333. The number of carboxylic acid groups (broad SMARTS) is 6. The molecule has 25 heteroatoms. The highest BCUT2D eigenvalue weighted by Gasteiger charge is 2.18. The van der Waals surface area contributed by atoms with Crippen LogP contribution < -0.4 is 57.3 Å². The molecule has 0 aromatic carbocycles. The Kier molecular flexibility index (Phi) is 43.8. The van der Waals surface area contributed by atoms with Crippen molar-refractivity contribution in [3.8, 4) is 0 Å². The molecule has 0 aromatic rings. The normalized spacial score (nSPS) is 14.0. The largest absolute Gasteiger partial charge is 0.480 e. The standard InChI is InChI=1S/2C6H14N4O2.2C6H13NO2.C4H9NO3.C2H5NO2/c2*7-4(5(11)12)2-1-3-10-6(8)9;2*1-3-4(2)5(7)6(8)9;1-2(6)3(5)4(7)8;3-1-2(4)5/h2*4H,1-3,7H2,(H,11,12)(H4,8,9,10);2*4-5H,3,7H2,1-2H3,(H,8,9);2-3,6H,5H2,1H3,(H,7,8);1,3H2,(H,4,5)/t2*4-;2*4-,5-;2-,3+;/m00001./s1. The first-order chi connectivity index (χ1) is 25.1. The Morgan fingerprint density at radius 1 is 0.527 bits per heavy atom. The molecule has 0 unspecified atom stereocenters. The zero-order valence-electron chi connectivity index (χ0n) is 32.2. The summed E-state index contributed by atoms with van der Waals surface area (Å²) in [6.45, 7) is 9.41. The highest BCUT2D eigenvalue weighted by molar-refractivity contribution is 5.76.